The van der Waals surface area contributed by atoms with E-state index in [1.807, 2.05) is 44.2 Å². The number of aliphatic hydroxyl groups excluding tert-OH is 1. The molecule has 0 saturated heterocycles. The fraction of sp³-hybridized carbons (Fsp3) is 0.259. The highest BCUT2D eigenvalue weighted by Gasteiger charge is 2.25. The molecule has 0 amide bonds. The Balaban J connectivity index is 1.98. The number of aliphatic hydroxyl groups is 1. The molecule has 6 N–H and O–H groups in total. The van der Waals surface area contributed by atoms with E-state index >= 15 is 0 Å². The van der Waals surface area contributed by atoms with Gasteiger partial charge in [-0.15, -0.1) is 4.40 Å². The molecule has 0 aliphatic rings. The van der Waals surface area contributed by atoms with Crippen LogP contribution in [0, 0.1) is 11.3 Å². The summed E-state index contributed by atoms with van der Waals surface area (Å²) in [6.45, 7) is 3.79. The first-order valence-corrected chi connectivity index (χ1v) is 14.1. The Kier molecular flexibility index (Phi) is 10.3. The second-order valence-electron chi connectivity index (χ2n) is 9.04. The molecule has 3 aromatic carbocycles. The quantitative estimate of drug-likeness (QED) is 0.138. The molecule has 11 heteroatoms. The zero-order valence-electron chi connectivity index (χ0n) is 21.0. The smallest absolute Gasteiger partial charge is 0.285 e. The van der Waals surface area contributed by atoms with Crippen molar-refractivity contribution in [3.05, 3.63) is 100 Å². The van der Waals surface area contributed by atoms with Crippen molar-refractivity contribution in [3.63, 3.8) is 0 Å². The van der Waals surface area contributed by atoms with Crippen molar-refractivity contribution in [1.29, 1.82) is 5.41 Å². The fourth-order valence-corrected chi connectivity index (χ4v) is 4.99. The monoisotopic (exact) mass is 575 g/mol. The minimum absolute atomic E-state index is 0.0501. The Bertz CT molecular complexity index is 1340. The Labute approximate surface area is 233 Å². The van der Waals surface area contributed by atoms with Crippen LogP contribution in [-0.2, 0) is 10.0 Å². The van der Waals surface area contributed by atoms with Gasteiger partial charge < -0.3 is 26.9 Å². The number of hydrogen-bond acceptors (Lipinski definition) is 5. The van der Waals surface area contributed by atoms with Gasteiger partial charge >= 0.3 is 0 Å². The third-order valence-corrected chi connectivity index (χ3v) is 7.69. The molecule has 1 unspecified atom stereocenters. The summed E-state index contributed by atoms with van der Waals surface area (Å²) in [4.78, 5) is -0.0501. The normalized spacial score (nSPS) is 14.6. The second kappa shape index (κ2) is 13.2. The molecule has 202 valence electrons. The number of nitrogens with one attached hydrogen (secondary N) is 3. The highest BCUT2D eigenvalue weighted by atomic mass is 35.5. The third-order valence-electron chi connectivity index (χ3n) is 5.89. The van der Waals surface area contributed by atoms with Crippen LogP contribution in [0.1, 0.15) is 30.9 Å². The summed E-state index contributed by atoms with van der Waals surface area (Å²) in [6, 6.07) is 21.3. The van der Waals surface area contributed by atoms with Gasteiger partial charge in [0.2, 0.25) is 5.96 Å². The number of benzene rings is 3. The Hall–Kier alpha value is -2.95. The molecule has 0 spiro atoms. The second-order valence-corrected chi connectivity index (χ2v) is 11.5. The van der Waals surface area contributed by atoms with Crippen LogP contribution in [0.5, 0.6) is 0 Å². The molecule has 0 bridgehead atoms. The fourth-order valence-electron chi connectivity index (χ4n) is 3.79. The first kappa shape index (κ1) is 29.6. The predicted octanol–water partition coefficient (Wildman–Crippen LogP) is 4.37. The molecule has 0 aromatic heterocycles. The molecule has 0 fully saturated rings. The molecule has 0 saturated carbocycles. The number of hydrogen-bond donors (Lipinski definition) is 5. The van der Waals surface area contributed by atoms with E-state index in [0.717, 1.165) is 5.56 Å². The first-order valence-electron chi connectivity index (χ1n) is 11.9. The number of halogens is 2. The SMILES string of the molecule is CC(C)[C@@H](N/C(=N\S(=O)(=O)c1ccc(Cl)cc1)NC[C@@H](C(=N)c1ccc(Cl)cc1)c1ccccc1)C(N)O. The Morgan fingerprint density at radius 2 is 1.53 bits per heavy atom. The highest BCUT2D eigenvalue weighted by Crippen LogP contribution is 2.22. The van der Waals surface area contributed by atoms with Gasteiger partial charge in [-0.2, -0.15) is 8.42 Å². The average molecular weight is 577 g/mol. The van der Waals surface area contributed by atoms with E-state index in [-0.39, 0.29) is 23.3 Å². The van der Waals surface area contributed by atoms with Crippen molar-refractivity contribution in [2.75, 3.05) is 6.54 Å². The van der Waals surface area contributed by atoms with Crippen LogP contribution in [0.15, 0.2) is 88.2 Å². The summed E-state index contributed by atoms with van der Waals surface area (Å²) in [7, 11) is -4.15. The molecule has 0 aliphatic heterocycles. The maximum atomic E-state index is 13.1. The lowest BCUT2D eigenvalue weighted by Gasteiger charge is -2.28. The van der Waals surface area contributed by atoms with Gasteiger partial charge in [0.15, 0.2) is 0 Å². The summed E-state index contributed by atoms with van der Waals surface area (Å²) >= 11 is 11.9. The van der Waals surface area contributed by atoms with Crippen molar-refractivity contribution < 1.29 is 13.5 Å². The van der Waals surface area contributed by atoms with Gasteiger partial charge in [-0.1, -0.05) is 79.5 Å². The van der Waals surface area contributed by atoms with Gasteiger partial charge in [0.1, 0.15) is 6.23 Å². The van der Waals surface area contributed by atoms with Gasteiger partial charge in [0, 0.05) is 28.2 Å². The van der Waals surface area contributed by atoms with E-state index in [9.17, 15) is 13.5 Å². The lowest BCUT2D eigenvalue weighted by molar-refractivity contribution is 0.120. The number of sulfonamides is 1. The van der Waals surface area contributed by atoms with Gasteiger partial charge in [-0.25, -0.2) is 0 Å². The van der Waals surface area contributed by atoms with Crippen LogP contribution in [0.4, 0.5) is 0 Å². The van der Waals surface area contributed by atoms with Crippen LogP contribution in [0.25, 0.3) is 0 Å². The summed E-state index contributed by atoms with van der Waals surface area (Å²) in [5, 5.41) is 26.0. The standard InChI is InChI=1S/C27H31Cl2N5O3S/c1-17(2)25(26(31)35)33-27(34-38(36,37)22-14-12-21(29)13-15-22)32-16-23(18-6-4-3-5-7-18)24(30)19-8-10-20(28)11-9-19/h3-15,17,23,25-26,30,35H,16,31H2,1-2H3,(H2,32,33,34)/t23-,25-,26?/m1/s1. The number of guanidine groups is 1. The van der Waals surface area contributed by atoms with Gasteiger partial charge in [0.25, 0.3) is 10.0 Å². The van der Waals surface area contributed by atoms with Crippen LogP contribution >= 0.6 is 23.2 Å². The van der Waals surface area contributed by atoms with Crippen LogP contribution in [-0.4, -0.2) is 44.0 Å². The highest BCUT2D eigenvalue weighted by molar-refractivity contribution is 7.90. The van der Waals surface area contributed by atoms with Crippen molar-refractivity contribution >= 4 is 44.9 Å². The minimum Gasteiger partial charge on any atom is -0.377 e. The number of nitrogens with zero attached hydrogens (tertiary/aromatic N) is 1. The number of nitrogens with two attached hydrogens (primary N) is 1. The van der Waals surface area contributed by atoms with Crippen molar-refractivity contribution in [2.24, 2.45) is 16.0 Å². The largest absolute Gasteiger partial charge is 0.377 e. The van der Waals surface area contributed by atoms with Gasteiger partial charge in [-0.05, 0) is 53.4 Å². The zero-order chi connectivity index (χ0) is 27.9. The first-order chi connectivity index (χ1) is 18.0. The maximum Gasteiger partial charge on any atom is 0.285 e. The summed E-state index contributed by atoms with van der Waals surface area (Å²) < 4.78 is 30.2. The van der Waals surface area contributed by atoms with Crippen molar-refractivity contribution in [1.82, 2.24) is 10.6 Å². The molecular formula is C27H31Cl2N5O3S. The minimum atomic E-state index is -4.15. The molecule has 38 heavy (non-hydrogen) atoms. The molecule has 0 heterocycles. The topological polar surface area (TPSA) is 141 Å². The number of rotatable bonds is 10. The van der Waals surface area contributed by atoms with Crippen molar-refractivity contribution in [3.8, 4) is 0 Å². The maximum absolute atomic E-state index is 13.1. The Morgan fingerprint density at radius 3 is 2.05 bits per heavy atom. The predicted molar refractivity (Wildman–Crippen MR) is 153 cm³/mol. The van der Waals surface area contributed by atoms with Crippen LogP contribution < -0.4 is 16.4 Å². The molecule has 3 rings (SSSR count). The molecule has 0 aliphatic carbocycles. The molecule has 3 atom stereocenters. The zero-order valence-corrected chi connectivity index (χ0v) is 23.3. The third kappa shape index (κ3) is 8.02. The van der Waals surface area contributed by atoms with Crippen LogP contribution in [0.3, 0.4) is 0 Å². The van der Waals surface area contributed by atoms with E-state index in [4.69, 9.17) is 34.3 Å². The summed E-state index contributed by atoms with van der Waals surface area (Å²) in [5.41, 5.74) is 7.58. The molecule has 3 aromatic rings. The van der Waals surface area contributed by atoms with Gasteiger partial charge in [0.05, 0.1) is 10.9 Å². The van der Waals surface area contributed by atoms with Gasteiger partial charge in [-0.3, -0.25) is 0 Å². The van der Waals surface area contributed by atoms with E-state index in [1.54, 1.807) is 24.3 Å². The molecule has 8 nitrogen and oxygen atoms in total. The van der Waals surface area contributed by atoms with E-state index < -0.39 is 28.2 Å². The summed E-state index contributed by atoms with van der Waals surface area (Å²) in [5.74, 6) is -0.728. The van der Waals surface area contributed by atoms with E-state index in [1.165, 1.54) is 24.3 Å². The van der Waals surface area contributed by atoms with Crippen LogP contribution in [0.2, 0.25) is 10.0 Å². The lowest BCUT2D eigenvalue weighted by atomic mass is 9.90. The summed E-state index contributed by atoms with van der Waals surface area (Å²) in [6.07, 6.45) is -1.28. The lowest BCUT2D eigenvalue weighted by Crippen LogP contribution is -2.54. The van der Waals surface area contributed by atoms with E-state index in [0.29, 0.717) is 21.3 Å². The van der Waals surface area contributed by atoms with Crippen molar-refractivity contribution in [2.45, 2.75) is 36.9 Å². The molecule has 0 radical (unpaired) electrons. The Morgan fingerprint density at radius 1 is 0.974 bits per heavy atom. The van der Waals surface area contributed by atoms with E-state index in [2.05, 4.69) is 15.0 Å². The average Bonchev–Trinajstić information content (AvgIpc) is 2.87. The molecular weight excluding hydrogens is 545 g/mol.